The predicted molar refractivity (Wildman–Crippen MR) is 95.0 cm³/mol. The van der Waals surface area contributed by atoms with Gasteiger partial charge in [0.25, 0.3) is 5.91 Å². The normalized spacial score (nSPS) is 11.5. The number of hydrogen-bond donors (Lipinski definition) is 2. The van der Waals surface area contributed by atoms with Gasteiger partial charge in [-0.15, -0.1) is 0 Å². The SMILES string of the molecule is Cc1cccc2nc(NC(=O)c3ccc(C(C)(C)C(=O)O)cc3)cn12. The van der Waals surface area contributed by atoms with Crippen molar-refractivity contribution in [1.29, 1.82) is 0 Å². The zero-order valence-corrected chi connectivity index (χ0v) is 14.3. The average molecular weight is 337 g/mol. The largest absolute Gasteiger partial charge is 0.481 e. The highest BCUT2D eigenvalue weighted by Crippen LogP contribution is 2.24. The number of benzene rings is 1. The molecule has 6 heteroatoms. The molecule has 1 aromatic carbocycles. The fraction of sp³-hybridized carbons (Fsp3) is 0.211. The summed E-state index contributed by atoms with van der Waals surface area (Å²) in [5, 5.41) is 12.0. The monoisotopic (exact) mass is 337 g/mol. The van der Waals surface area contributed by atoms with Crippen LogP contribution in [0.1, 0.15) is 35.5 Å². The van der Waals surface area contributed by atoms with Crippen molar-refractivity contribution < 1.29 is 14.7 Å². The van der Waals surface area contributed by atoms with Crippen LogP contribution in [0, 0.1) is 6.92 Å². The number of anilines is 1. The molecule has 6 nitrogen and oxygen atoms in total. The zero-order chi connectivity index (χ0) is 18.2. The Balaban J connectivity index is 1.81. The molecule has 3 aromatic rings. The van der Waals surface area contributed by atoms with Crippen LogP contribution in [0.15, 0.2) is 48.7 Å². The third-order valence-electron chi connectivity index (χ3n) is 4.34. The number of amides is 1. The lowest BCUT2D eigenvalue weighted by molar-refractivity contribution is -0.142. The standard InChI is InChI=1S/C19H19N3O3/c1-12-5-4-6-16-20-15(11-22(12)16)21-17(23)13-7-9-14(10-8-13)19(2,3)18(24)25/h4-11H,1-3H3,(H,21,23)(H,24,25). The molecular weight excluding hydrogens is 318 g/mol. The number of aliphatic carboxylic acids is 1. The number of rotatable bonds is 4. The number of imidazole rings is 1. The average Bonchev–Trinajstić information content (AvgIpc) is 2.98. The van der Waals surface area contributed by atoms with Crippen LogP contribution < -0.4 is 5.32 Å². The summed E-state index contributed by atoms with van der Waals surface area (Å²) in [6.07, 6.45) is 1.77. The van der Waals surface area contributed by atoms with Crippen LogP contribution in [0.4, 0.5) is 5.82 Å². The number of carbonyl (C=O) groups excluding carboxylic acids is 1. The van der Waals surface area contributed by atoms with Gasteiger partial charge in [-0.25, -0.2) is 4.98 Å². The summed E-state index contributed by atoms with van der Waals surface area (Å²) in [6.45, 7) is 5.22. The molecule has 2 N–H and O–H groups in total. The Kier molecular flexibility index (Phi) is 4.04. The number of aromatic nitrogens is 2. The van der Waals surface area contributed by atoms with Crippen LogP contribution in [0.3, 0.4) is 0 Å². The van der Waals surface area contributed by atoms with Crippen LogP contribution in [-0.4, -0.2) is 26.4 Å². The molecule has 2 aromatic heterocycles. The lowest BCUT2D eigenvalue weighted by Gasteiger charge is -2.19. The van der Waals surface area contributed by atoms with E-state index in [0.717, 1.165) is 11.3 Å². The number of aryl methyl sites for hydroxylation is 1. The first kappa shape index (κ1) is 16.7. The fourth-order valence-corrected chi connectivity index (χ4v) is 2.56. The van der Waals surface area contributed by atoms with E-state index in [9.17, 15) is 14.7 Å². The minimum Gasteiger partial charge on any atom is -0.481 e. The number of carbonyl (C=O) groups is 2. The van der Waals surface area contributed by atoms with Crippen molar-refractivity contribution in [3.8, 4) is 0 Å². The van der Waals surface area contributed by atoms with Crippen molar-refractivity contribution in [3.63, 3.8) is 0 Å². The summed E-state index contributed by atoms with van der Waals surface area (Å²) in [6, 6.07) is 12.3. The van der Waals surface area contributed by atoms with E-state index in [1.807, 2.05) is 29.5 Å². The Morgan fingerprint density at radius 3 is 2.40 bits per heavy atom. The number of fused-ring (bicyclic) bond motifs is 1. The van der Waals surface area contributed by atoms with Crippen LogP contribution >= 0.6 is 0 Å². The van der Waals surface area contributed by atoms with E-state index in [-0.39, 0.29) is 5.91 Å². The smallest absolute Gasteiger partial charge is 0.313 e. The van der Waals surface area contributed by atoms with Crippen molar-refractivity contribution in [1.82, 2.24) is 9.38 Å². The molecule has 128 valence electrons. The van der Waals surface area contributed by atoms with Gasteiger partial charge in [-0.3, -0.25) is 9.59 Å². The molecule has 0 saturated carbocycles. The van der Waals surface area contributed by atoms with E-state index < -0.39 is 11.4 Å². The minimum atomic E-state index is -1.01. The first-order valence-electron chi connectivity index (χ1n) is 7.89. The van der Waals surface area contributed by atoms with Crippen molar-refractivity contribution >= 4 is 23.3 Å². The summed E-state index contributed by atoms with van der Waals surface area (Å²) >= 11 is 0. The van der Waals surface area contributed by atoms with E-state index >= 15 is 0 Å². The maximum atomic E-state index is 12.4. The van der Waals surface area contributed by atoms with Gasteiger partial charge in [-0.1, -0.05) is 18.2 Å². The summed E-state index contributed by atoms with van der Waals surface area (Å²) in [5.41, 5.74) is 1.85. The predicted octanol–water partition coefficient (Wildman–Crippen LogP) is 3.26. The van der Waals surface area contributed by atoms with Crippen molar-refractivity contribution in [2.24, 2.45) is 0 Å². The number of carboxylic acid groups (broad SMARTS) is 1. The van der Waals surface area contributed by atoms with E-state index in [1.165, 1.54) is 0 Å². The first-order valence-corrected chi connectivity index (χ1v) is 7.89. The first-order chi connectivity index (χ1) is 11.8. The molecule has 0 unspecified atom stereocenters. The van der Waals surface area contributed by atoms with Gasteiger partial charge in [0, 0.05) is 11.3 Å². The van der Waals surface area contributed by atoms with Crippen LogP contribution in [-0.2, 0) is 10.2 Å². The molecule has 0 fully saturated rings. The second-order valence-electron chi connectivity index (χ2n) is 6.48. The second kappa shape index (κ2) is 6.05. The molecule has 0 aliphatic rings. The Labute approximate surface area is 145 Å². The molecule has 0 saturated heterocycles. The summed E-state index contributed by atoms with van der Waals surface area (Å²) in [7, 11) is 0. The molecule has 0 aliphatic heterocycles. The molecule has 25 heavy (non-hydrogen) atoms. The highest BCUT2D eigenvalue weighted by atomic mass is 16.4. The van der Waals surface area contributed by atoms with Crippen molar-refractivity contribution in [3.05, 3.63) is 65.5 Å². The molecule has 0 radical (unpaired) electrons. The molecule has 0 spiro atoms. The van der Waals surface area contributed by atoms with Crippen LogP contribution in [0.2, 0.25) is 0 Å². The van der Waals surface area contributed by atoms with E-state index in [0.29, 0.717) is 16.9 Å². The maximum absolute atomic E-state index is 12.4. The van der Waals surface area contributed by atoms with Gasteiger partial charge in [0.1, 0.15) is 5.65 Å². The lowest BCUT2D eigenvalue weighted by Crippen LogP contribution is -2.28. The number of nitrogens with zero attached hydrogens (tertiary/aromatic N) is 2. The Morgan fingerprint density at radius 1 is 1.12 bits per heavy atom. The second-order valence-corrected chi connectivity index (χ2v) is 6.48. The fourth-order valence-electron chi connectivity index (χ4n) is 2.56. The van der Waals surface area contributed by atoms with Crippen LogP contribution in [0.5, 0.6) is 0 Å². The Morgan fingerprint density at radius 2 is 1.80 bits per heavy atom. The number of nitrogens with one attached hydrogen (secondary N) is 1. The summed E-state index contributed by atoms with van der Waals surface area (Å²) in [4.78, 5) is 28.1. The highest BCUT2D eigenvalue weighted by Gasteiger charge is 2.29. The van der Waals surface area contributed by atoms with Gasteiger partial charge < -0.3 is 14.8 Å². The topological polar surface area (TPSA) is 83.7 Å². The lowest BCUT2D eigenvalue weighted by atomic mass is 9.84. The third kappa shape index (κ3) is 3.10. The molecule has 0 atom stereocenters. The highest BCUT2D eigenvalue weighted by molar-refractivity contribution is 6.04. The molecule has 1 amide bonds. The number of carboxylic acids is 1. The molecule has 2 heterocycles. The molecule has 0 bridgehead atoms. The molecule has 3 rings (SSSR count). The van der Waals surface area contributed by atoms with E-state index in [1.54, 1.807) is 44.3 Å². The Bertz CT molecular complexity index is 956. The van der Waals surface area contributed by atoms with Crippen molar-refractivity contribution in [2.75, 3.05) is 5.32 Å². The van der Waals surface area contributed by atoms with Gasteiger partial charge in [-0.2, -0.15) is 0 Å². The number of pyridine rings is 1. The van der Waals surface area contributed by atoms with Gasteiger partial charge >= 0.3 is 5.97 Å². The van der Waals surface area contributed by atoms with Gasteiger partial charge in [-0.05, 0) is 50.6 Å². The van der Waals surface area contributed by atoms with Crippen molar-refractivity contribution in [2.45, 2.75) is 26.2 Å². The number of hydrogen-bond acceptors (Lipinski definition) is 3. The maximum Gasteiger partial charge on any atom is 0.313 e. The Hall–Kier alpha value is -3.15. The quantitative estimate of drug-likeness (QED) is 0.765. The van der Waals surface area contributed by atoms with E-state index in [2.05, 4.69) is 10.3 Å². The van der Waals surface area contributed by atoms with Gasteiger partial charge in [0.05, 0.1) is 11.6 Å². The molecule has 0 aliphatic carbocycles. The van der Waals surface area contributed by atoms with Gasteiger partial charge in [0.2, 0.25) is 0 Å². The van der Waals surface area contributed by atoms with Crippen LogP contribution in [0.25, 0.3) is 5.65 Å². The molecular formula is C19H19N3O3. The zero-order valence-electron chi connectivity index (χ0n) is 14.3. The minimum absolute atomic E-state index is 0.291. The van der Waals surface area contributed by atoms with Gasteiger partial charge in [0.15, 0.2) is 5.82 Å². The summed E-state index contributed by atoms with van der Waals surface area (Å²) in [5.74, 6) is -0.736. The third-order valence-corrected chi connectivity index (χ3v) is 4.34. The summed E-state index contributed by atoms with van der Waals surface area (Å²) < 4.78 is 1.90. The van der Waals surface area contributed by atoms with E-state index in [4.69, 9.17) is 0 Å².